The second-order valence-electron chi connectivity index (χ2n) is 7.55. The number of hydrogen-bond acceptors (Lipinski definition) is 5. The summed E-state index contributed by atoms with van der Waals surface area (Å²) in [4.78, 5) is 45.8. The summed E-state index contributed by atoms with van der Waals surface area (Å²) in [5, 5.41) is 9.96. The van der Waals surface area contributed by atoms with Crippen LogP contribution in [-0.2, 0) is 30.6 Å². The summed E-state index contributed by atoms with van der Waals surface area (Å²) < 4.78 is 0. The molecule has 1 N–H and O–H groups in total. The van der Waals surface area contributed by atoms with Crippen LogP contribution in [0.4, 0.5) is 0 Å². The van der Waals surface area contributed by atoms with E-state index in [1.54, 1.807) is 0 Å². The summed E-state index contributed by atoms with van der Waals surface area (Å²) in [6.45, 7) is 12.5. The van der Waals surface area contributed by atoms with Crippen LogP contribution in [-0.4, -0.2) is 40.2 Å². The van der Waals surface area contributed by atoms with Gasteiger partial charge in [-0.25, -0.2) is 5.06 Å². The molecule has 170 valence electrons. The number of carbonyl (C=O) groups is 4. The van der Waals surface area contributed by atoms with Gasteiger partial charge in [-0.1, -0.05) is 36.7 Å². The fraction of sp³-hybridized carbons (Fsp3) is 0.545. The molecule has 8 heteroatoms. The van der Waals surface area contributed by atoms with Crippen LogP contribution in [0.5, 0.6) is 0 Å². The number of carboxylic acids is 1. The third kappa shape index (κ3) is 15.6. The van der Waals surface area contributed by atoms with Gasteiger partial charge in [0.2, 0.25) is 0 Å². The zero-order chi connectivity index (χ0) is 23.9. The highest BCUT2D eigenvalue weighted by Crippen LogP contribution is 2.29. The standard InChI is InChI=1S/C12H14ClNO2.C4H8O2.2C3H6O/c1-12(2)8-16-14(11(12)15)7-9-5-3-4-6-10(9)13;1-2-3-4(5)6;2*1-3(2)4/h3-6H,7-8H2,1-2H3;2-3H2,1H3,(H,5,6);2*1-2H3. The Labute approximate surface area is 184 Å². The lowest BCUT2D eigenvalue weighted by Gasteiger charge is -2.16. The number of hydrogen-bond donors (Lipinski definition) is 1. The van der Waals surface area contributed by atoms with Crippen molar-refractivity contribution >= 4 is 35.0 Å². The number of hydroxylamine groups is 2. The number of Topliss-reactive ketones (excluding diaryl/α,β-unsaturated/α-hetero) is 2. The van der Waals surface area contributed by atoms with Crippen molar-refractivity contribution in [3.63, 3.8) is 0 Å². The number of amides is 1. The minimum Gasteiger partial charge on any atom is -0.481 e. The molecule has 0 saturated carbocycles. The fourth-order valence-electron chi connectivity index (χ4n) is 1.81. The highest BCUT2D eigenvalue weighted by molar-refractivity contribution is 6.31. The van der Waals surface area contributed by atoms with E-state index in [4.69, 9.17) is 21.5 Å². The van der Waals surface area contributed by atoms with Crippen LogP contribution in [0.15, 0.2) is 24.3 Å². The Morgan fingerprint density at radius 3 is 1.87 bits per heavy atom. The van der Waals surface area contributed by atoms with Gasteiger partial charge in [-0.3, -0.25) is 14.4 Å². The highest BCUT2D eigenvalue weighted by atomic mass is 35.5. The summed E-state index contributed by atoms with van der Waals surface area (Å²) in [6.07, 6.45) is 1.02. The molecule has 0 spiro atoms. The molecule has 1 amide bonds. The first-order valence-electron chi connectivity index (χ1n) is 9.59. The van der Waals surface area contributed by atoms with Crippen LogP contribution < -0.4 is 0 Å². The zero-order valence-corrected chi connectivity index (χ0v) is 19.7. The molecule has 0 radical (unpaired) electrons. The fourth-order valence-corrected chi connectivity index (χ4v) is 2.01. The molecule has 1 aliphatic rings. The van der Waals surface area contributed by atoms with Gasteiger partial charge in [0.05, 0.1) is 18.6 Å². The van der Waals surface area contributed by atoms with E-state index in [9.17, 15) is 19.2 Å². The lowest BCUT2D eigenvalue weighted by Crippen LogP contribution is -2.30. The maximum Gasteiger partial charge on any atom is 0.303 e. The number of benzene rings is 1. The Morgan fingerprint density at radius 2 is 1.57 bits per heavy atom. The average Bonchev–Trinajstić information content (AvgIpc) is 2.83. The number of carbonyl (C=O) groups excluding carboxylic acids is 3. The first kappa shape index (κ1) is 29.9. The topological polar surface area (TPSA) is 101 Å². The van der Waals surface area contributed by atoms with E-state index >= 15 is 0 Å². The molecule has 0 aliphatic carbocycles. The molecule has 0 atom stereocenters. The number of halogens is 1. The highest BCUT2D eigenvalue weighted by Gasteiger charge is 2.40. The second kappa shape index (κ2) is 15.6. The summed E-state index contributed by atoms with van der Waals surface area (Å²) in [5.41, 5.74) is 0.469. The van der Waals surface area contributed by atoms with E-state index in [1.807, 2.05) is 45.0 Å². The molecule has 0 aromatic heterocycles. The predicted molar refractivity (Wildman–Crippen MR) is 117 cm³/mol. The Balaban J connectivity index is 0. The van der Waals surface area contributed by atoms with Crippen molar-refractivity contribution < 1.29 is 29.1 Å². The van der Waals surface area contributed by atoms with Crippen molar-refractivity contribution in [2.75, 3.05) is 6.61 Å². The third-order valence-corrected chi connectivity index (χ3v) is 3.49. The lowest BCUT2D eigenvalue weighted by atomic mass is 9.95. The number of ketones is 2. The van der Waals surface area contributed by atoms with Crippen molar-refractivity contribution in [1.29, 1.82) is 0 Å². The van der Waals surface area contributed by atoms with E-state index < -0.39 is 11.4 Å². The molecular weight excluding hydrogens is 410 g/mol. The van der Waals surface area contributed by atoms with Gasteiger partial charge in [0.15, 0.2) is 0 Å². The zero-order valence-electron chi connectivity index (χ0n) is 19.0. The molecule has 30 heavy (non-hydrogen) atoms. The van der Waals surface area contributed by atoms with Crippen LogP contribution in [0.3, 0.4) is 0 Å². The maximum absolute atomic E-state index is 11.9. The van der Waals surface area contributed by atoms with E-state index in [0.29, 0.717) is 24.6 Å². The summed E-state index contributed by atoms with van der Waals surface area (Å²) in [5.74, 6) is -0.370. The minimum absolute atomic E-state index is 0.00687. The van der Waals surface area contributed by atoms with Gasteiger partial charge in [0.25, 0.3) is 5.91 Å². The van der Waals surface area contributed by atoms with Crippen LogP contribution in [0, 0.1) is 5.41 Å². The van der Waals surface area contributed by atoms with Crippen LogP contribution >= 0.6 is 11.6 Å². The first-order valence-corrected chi connectivity index (χ1v) is 9.96. The van der Waals surface area contributed by atoms with E-state index in [1.165, 1.54) is 32.8 Å². The quantitative estimate of drug-likeness (QED) is 0.723. The van der Waals surface area contributed by atoms with Crippen molar-refractivity contribution in [3.8, 4) is 0 Å². The van der Waals surface area contributed by atoms with Gasteiger partial charge in [-0.15, -0.1) is 0 Å². The number of nitrogens with zero attached hydrogens (tertiary/aromatic N) is 1. The molecule has 2 rings (SSSR count). The molecule has 0 unspecified atom stereocenters. The predicted octanol–water partition coefficient (Wildman–Crippen LogP) is 4.70. The van der Waals surface area contributed by atoms with Gasteiger partial charge in [0, 0.05) is 11.4 Å². The molecule has 7 nitrogen and oxygen atoms in total. The smallest absolute Gasteiger partial charge is 0.303 e. The summed E-state index contributed by atoms with van der Waals surface area (Å²) in [6, 6.07) is 7.46. The van der Waals surface area contributed by atoms with Crippen molar-refractivity contribution in [1.82, 2.24) is 5.06 Å². The summed E-state index contributed by atoms with van der Waals surface area (Å²) >= 11 is 6.03. The molecule has 1 aromatic rings. The largest absolute Gasteiger partial charge is 0.481 e. The normalized spacial score (nSPS) is 13.6. The third-order valence-electron chi connectivity index (χ3n) is 3.12. The SMILES string of the molecule is CC(C)=O.CC(C)=O.CC1(C)CON(Cc2ccccc2Cl)C1=O.CCCC(=O)O. The maximum atomic E-state index is 11.9. The molecule has 1 heterocycles. The Kier molecular flexibility index (Phi) is 15.5. The molecule has 1 saturated heterocycles. The number of aliphatic carboxylic acids is 1. The van der Waals surface area contributed by atoms with Crippen molar-refractivity contribution in [2.24, 2.45) is 5.41 Å². The van der Waals surface area contributed by atoms with Crippen LogP contribution in [0.25, 0.3) is 0 Å². The van der Waals surface area contributed by atoms with E-state index in [0.717, 1.165) is 12.0 Å². The molecule has 0 bridgehead atoms. The van der Waals surface area contributed by atoms with Crippen molar-refractivity contribution in [3.05, 3.63) is 34.9 Å². The minimum atomic E-state index is -0.711. The second-order valence-corrected chi connectivity index (χ2v) is 7.96. The molecular formula is C22H34ClNO6. The Morgan fingerprint density at radius 1 is 1.10 bits per heavy atom. The first-order chi connectivity index (χ1) is 13.7. The van der Waals surface area contributed by atoms with Gasteiger partial charge < -0.3 is 14.7 Å². The number of carboxylic acid groups (broad SMARTS) is 1. The van der Waals surface area contributed by atoms with E-state index in [2.05, 4.69) is 0 Å². The Hall–Kier alpha value is -2.25. The molecule has 1 aliphatic heterocycles. The number of rotatable bonds is 4. The lowest BCUT2D eigenvalue weighted by molar-refractivity contribution is -0.165. The monoisotopic (exact) mass is 443 g/mol. The van der Waals surface area contributed by atoms with Crippen molar-refractivity contribution in [2.45, 2.75) is 67.9 Å². The van der Waals surface area contributed by atoms with Crippen LogP contribution in [0.2, 0.25) is 5.02 Å². The Bertz CT molecular complexity index is 683. The van der Waals surface area contributed by atoms with Gasteiger partial charge in [0.1, 0.15) is 11.6 Å². The summed E-state index contributed by atoms with van der Waals surface area (Å²) in [7, 11) is 0. The van der Waals surface area contributed by atoms with E-state index in [-0.39, 0.29) is 17.5 Å². The molecule has 1 aromatic carbocycles. The van der Waals surface area contributed by atoms with Crippen LogP contribution in [0.1, 0.15) is 66.9 Å². The van der Waals surface area contributed by atoms with Gasteiger partial charge in [-0.2, -0.15) is 0 Å². The van der Waals surface area contributed by atoms with Gasteiger partial charge >= 0.3 is 5.97 Å². The van der Waals surface area contributed by atoms with Gasteiger partial charge in [-0.05, 0) is 59.6 Å². The average molecular weight is 444 g/mol. The molecule has 1 fully saturated rings.